The van der Waals surface area contributed by atoms with Crippen LogP contribution in [0.5, 0.6) is 0 Å². The highest BCUT2D eigenvalue weighted by atomic mass is 79.9. The third kappa shape index (κ3) is 2.32. The average molecular weight is 273 g/mol. The van der Waals surface area contributed by atoms with E-state index in [1.807, 2.05) is 13.0 Å². The van der Waals surface area contributed by atoms with Gasteiger partial charge in [0.05, 0.1) is 5.69 Å². The number of benzene rings is 1. The molecule has 1 saturated heterocycles. The molecular weight excluding hydrogens is 259 g/mol. The normalized spacial score (nSPS) is 16.9. The molecule has 0 aliphatic carbocycles. The SMILES string of the molecule is Cc1cc(N2CCNCC2)c(F)cc1Br. The third-order valence-electron chi connectivity index (χ3n) is 2.69. The largest absolute Gasteiger partial charge is 0.367 e. The van der Waals surface area contributed by atoms with Crippen molar-refractivity contribution in [2.45, 2.75) is 6.92 Å². The molecule has 2 nitrogen and oxygen atoms in total. The minimum Gasteiger partial charge on any atom is -0.367 e. The lowest BCUT2D eigenvalue weighted by Crippen LogP contribution is -2.43. The Labute approximate surface area is 97.6 Å². The molecule has 2 rings (SSSR count). The second-order valence-electron chi connectivity index (χ2n) is 3.79. The molecule has 4 heteroatoms. The Hall–Kier alpha value is -0.610. The van der Waals surface area contributed by atoms with Crippen molar-refractivity contribution in [3.05, 3.63) is 28.0 Å². The number of rotatable bonds is 1. The van der Waals surface area contributed by atoms with E-state index in [1.165, 1.54) is 0 Å². The van der Waals surface area contributed by atoms with Gasteiger partial charge < -0.3 is 10.2 Å². The van der Waals surface area contributed by atoms with Crippen LogP contribution in [0.2, 0.25) is 0 Å². The highest BCUT2D eigenvalue weighted by Gasteiger charge is 2.15. The van der Waals surface area contributed by atoms with E-state index < -0.39 is 0 Å². The lowest BCUT2D eigenvalue weighted by molar-refractivity contribution is 0.566. The van der Waals surface area contributed by atoms with Gasteiger partial charge in [0.25, 0.3) is 0 Å². The van der Waals surface area contributed by atoms with Crippen LogP contribution >= 0.6 is 15.9 Å². The van der Waals surface area contributed by atoms with Gasteiger partial charge in [0.1, 0.15) is 5.82 Å². The summed E-state index contributed by atoms with van der Waals surface area (Å²) in [6.45, 7) is 5.58. The van der Waals surface area contributed by atoms with Gasteiger partial charge in [-0.3, -0.25) is 0 Å². The standard InChI is InChI=1S/C11H14BrFN2/c1-8-6-11(10(13)7-9(8)12)15-4-2-14-3-5-15/h6-7,14H,2-5H2,1H3. The fourth-order valence-electron chi connectivity index (χ4n) is 1.79. The summed E-state index contributed by atoms with van der Waals surface area (Å²) in [4.78, 5) is 2.09. The molecule has 1 aliphatic heterocycles. The van der Waals surface area contributed by atoms with E-state index >= 15 is 0 Å². The van der Waals surface area contributed by atoms with E-state index in [0.717, 1.165) is 41.9 Å². The molecule has 1 fully saturated rings. The molecule has 15 heavy (non-hydrogen) atoms. The van der Waals surface area contributed by atoms with Gasteiger partial charge in [0, 0.05) is 30.7 Å². The van der Waals surface area contributed by atoms with Crippen LogP contribution in [-0.4, -0.2) is 26.2 Å². The van der Waals surface area contributed by atoms with Crippen molar-refractivity contribution in [2.75, 3.05) is 31.1 Å². The molecule has 1 N–H and O–H groups in total. The number of piperazine rings is 1. The summed E-state index contributed by atoms with van der Waals surface area (Å²) in [5.74, 6) is -0.144. The second kappa shape index (κ2) is 4.49. The Bertz CT molecular complexity index is 362. The van der Waals surface area contributed by atoms with Gasteiger partial charge in [0.15, 0.2) is 0 Å². The van der Waals surface area contributed by atoms with Crippen molar-refractivity contribution < 1.29 is 4.39 Å². The molecular formula is C11H14BrFN2. The number of hydrogen-bond donors (Lipinski definition) is 1. The van der Waals surface area contributed by atoms with Gasteiger partial charge in [-0.2, -0.15) is 0 Å². The molecule has 0 radical (unpaired) electrons. The molecule has 82 valence electrons. The maximum absolute atomic E-state index is 13.7. The van der Waals surface area contributed by atoms with Crippen LogP contribution in [0.15, 0.2) is 16.6 Å². The van der Waals surface area contributed by atoms with Gasteiger partial charge in [-0.05, 0) is 24.6 Å². The molecule has 1 aromatic carbocycles. The number of hydrogen-bond acceptors (Lipinski definition) is 2. The molecule has 0 atom stereocenters. The Balaban J connectivity index is 2.30. The molecule has 1 aromatic rings. The van der Waals surface area contributed by atoms with Crippen molar-refractivity contribution >= 4 is 21.6 Å². The van der Waals surface area contributed by atoms with Gasteiger partial charge in [-0.1, -0.05) is 15.9 Å². The van der Waals surface area contributed by atoms with Crippen LogP contribution in [0.25, 0.3) is 0 Å². The van der Waals surface area contributed by atoms with Crippen LogP contribution in [0.3, 0.4) is 0 Å². The summed E-state index contributed by atoms with van der Waals surface area (Å²) in [5.41, 5.74) is 1.79. The number of anilines is 1. The van der Waals surface area contributed by atoms with Gasteiger partial charge >= 0.3 is 0 Å². The fourth-order valence-corrected chi connectivity index (χ4v) is 2.11. The van der Waals surface area contributed by atoms with E-state index in [4.69, 9.17) is 0 Å². The quantitative estimate of drug-likeness (QED) is 0.844. The molecule has 1 heterocycles. The number of halogens is 2. The first-order chi connectivity index (χ1) is 7.18. The van der Waals surface area contributed by atoms with Crippen molar-refractivity contribution in [1.82, 2.24) is 5.32 Å². The second-order valence-corrected chi connectivity index (χ2v) is 4.64. The molecule has 0 aromatic heterocycles. The fraction of sp³-hybridized carbons (Fsp3) is 0.455. The monoisotopic (exact) mass is 272 g/mol. The highest BCUT2D eigenvalue weighted by molar-refractivity contribution is 9.10. The van der Waals surface area contributed by atoms with E-state index in [0.29, 0.717) is 0 Å². The van der Waals surface area contributed by atoms with Gasteiger partial charge in [-0.25, -0.2) is 4.39 Å². The predicted octanol–water partition coefficient (Wildman–Crippen LogP) is 2.31. The summed E-state index contributed by atoms with van der Waals surface area (Å²) < 4.78 is 14.6. The molecule has 1 aliphatic rings. The Morgan fingerprint density at radius 1 is 1.33 bits per heavy atom. The minimum atomic E-state index is -0.144. The van der Waals surface area contributed by atoms with Crippen molar-refractivity contribution in [3.8, 4) is 0 Å². The maximum Gasteiger partial charge on any atom is 0.147 e. The minimum absolute atomic E-state index is 0.144. The van der Waals surface area contributed by atoms with Crippen LogP contribution in [0, 0.1) is 12.7 Å². The third-order valence-corrected chi connectivity index (χ3v) is 3.54. The van der Waals surface area contributed by atoms with Gasteiger partial charge in [-0.15, -0.1) is 0 Å². The Morgan fingerprint density at radius 3 is 2.67 bits per heavy atom. The summed E-state index contributed by atoms with van der Waals surface area (Å²) in [6, 6.07) is 3.46. The molecule has 0 unspecified atom stereocenters. The molecule has 0 spiro atoms. The number of aryl methyl sites for hydroxylation is 1. The van der Waals surface area contributed by atoms with Gasteiger partial charge in [0.2, 0.25) is 0 Å². The van der Waals surface area contributed by atoms with Crippen LogP contribution in [0.4, 0.5) is 10.1 Å². The molecule has 0 saturated carbocycles. The average Bonchev–Trinajstić information content (AvgIpc) is 2.25. The van der Waals surface area contributed by atoms with E-state index in [9.17, 15) is 4.39 Å². The molecule has 0 bridgehead atoms. The first-order valence-corrected chi connectivity index (χ1v) is 5.89. The topological polar surface area (TPSA) is 15.3 Å². The highest BCUT2D eigenvalue weighted by Crippen LogP contribution is 2.26. The van der Waals surface area contributed by atoms with Crippen molar-refractivity contribution in [1.29, 1.82) is 0 Å². The zero-order chi connectivity index (χ0) is 10.8. The van der Waals surface area contributed by atoms with Crippen molar-refractivity contribution in [2.24, 2.45) is 0 Å². The summed E-state index contributed by atoms with van der Waals surface area (Å²) in [6.07, 6.45) is 0. The summed E-state index contributed by atoms with van der Waals surface area (Å²) in [5, 5.41) is 3.26. The first kappa shape index (κ1) is 10.9. The summed E-state index contributed by atoms with van der Waals surface area (Å²) in [7, 11) is 0. The Morgan fingerprint density at radius 2 is 2.00 bits per heavy atom. The van der Waals surface area contributed by atoms with Crippen LogP contribution < -0.4 is 10.2 Å². The van der Waals surface area contributed by atoms with E-state index in [-0.39, 0.29) is 5.82 Å². The lowest BCUT2D eigenvalue weighted by Gasteiger charge is -2.30. The van der Waals surface area contributed by atoms with E-state index in [2.05, 4.69) is 26.1 Å². The lowest BCUT2D eigenvalue weighted by atomic mass is 10.2. The number of nitrogens with zero attached hydrogens (tertiary/aromatic N) is 1. The zero-order valence-corrected chi connectivity index (χ0v) is 10.3. The summed E-state index contributed by atoms with van der Waals surface area (Å²) >= 11 is 3.33. The van der Waals surface area contributed by atoms with E-state index in [1.54, 1.807) is 6.07 Å². The molecule has 0 amide bonds. The first-order valence-electron chi connectivity index (χ1n) is 5.10. The van der Waals surface area contributed by atoms with Crippen molar-refractivity contribution in [3.63, 3.8) is 0 Å². The Kier molecular flexibility index (Phi) is 3.26. The van der Waals surface area contributed by atoms with Crippen LogP contribution in [0.1, 0.15) is 5.56 Å². The smallest absolute Gasteiger partial charge is 0.147 e. The number of nitrogens with one attached hydrogen (secondary N) is 1. The predicted molar refractivity (Wildman–Crippen MR) is 63.9 cm³/mol. The van der Waals surface area contributed by atoms with Crippen LogP contribution in [-0.2, 0) is 0 Å². The zero-order valence-electron chi connectivity index (χ0n) is 8.69. The maximum atomic E-state index is 13.7.